The molecule has 1 aromatic carbocycles. The van der Waals surface area contributed by atoms with Gasteiger partial charge in [-0.2, -0.15) is 5.26 Å². The molecule has 4 heterocycles. The normalized spacial score (nSPS) is 34.2. The number of nitrogens with zero attached hydrogens (tertiary/aromatic N) is 5. The van der Waals surface area contributed by atoms with Gasteiger partial charge in [0, 0.05) is 47.3 Å². The second-order valence-electron chi connectivity index (χ2n) is 14.2. The van der Waals surface area contributed by atoms with E-state index in [1.54, 1.807) is 0 Å². The number of alkyl halides is 1. The Bertz CT molecular complexity index is 1410. The maximum absolute atomic E-state index is 14.5. The summed E-state index contributed by atoms with van der Waals surface area (Å²) in [4.78, 5) is 15.6. The number of fused-ring (bicyclic) bond motifs is 4. The van der Waals surface area contributed by atoms with Gasteiger partial charge in [0.15, 0.2) is 0 Å². The van der Waals surface area contributed by atoms with Crippen molar-refractivity contribution >= 4 is 11.5 Å². The van der Waals surface area contributed by atoms with E-state index >= 15 is 0 Å². The molecular formula is C34H45FN6. The molecule has 2 N–H and O–H groups in total. The third kappa shape index (κ3) is 4.11. The van der Waals surface area contributed by atoms with E-state index in [0.29, 0.717) is 30.1 Å². The number of hydrogen-bond donors (Lipinski definition) is 1. The van der Waals surface area contributed by atoms with E-state index in [4.69, 9.17) is 15.7 Å². The van der Waals surface area contributed by atoms with Crippen LogP contribution in [0.25, 0.3) is 0 Å². The number of benzene rings is 1. The summed E-state index contributed by atoms with van der Waals surface area (Å²) in [7, 11) is 0. The number of hydrogen-bond acceptors (Lipinski definition) is 6. The zero-order valence-electron chi connectivity index (χ0n) is 25.1. The lowest BCUT2D eigenvalue weighted by Crippen LogP contribution is -2.58. The lowest BCUT2D eigenvalue weighted by Gasteiger charge is -2.53. The lowest BCUT2D eigenvalue weighted by molar-refractivity contribution is 0.181. The standard InChI is InChI=1S/C34H45FN6/c1-4-32(3)15-17-41(32)31-25-9-13-33(12-8-22(2)24-6-7-27(37)26(20-36)30(24)33)19-28(25)38-29(39-31)10-14-34-11-5-16-40(34)21-23(35)18-34/h6-7,22-23H,4-5,8-19,21,37H2,1-3H3. The first-order valence-corrected chi connectivity index (χ1v) is 16.1. The highest BCUT2D eigenvalue weighted by molar-refractivity contribution is 5.65. The number of halogens is 1. The Morgan fingerprint density at radius 2 is 2.02 bits per heavy atom. The molecule has 5 atom stereocenters. The molecule has 2 aromatic rings. The molecule has 0 radical (unpaired) electrons. The van der Waals surface area contributed by atoms with Gasteiger partial charge >= 0.3 is 0 Å². The molecule has 1 spiro atoms. The summed E-state index contributed by atoms with van der Waals surface area (Å²) in [5, 5.41) is 10.2. The predicted octanol–water partition coefficient (Wildman–Crippen LogP) is 6.14. The zero-order valence-corrected chi connectivity index (χ0v) is 25.1. The first-order chi connectivity index (χ1) is 19.7. The fourth-order valence-corrected chi connectivity index (χ4v) is 9.31. The molecule has 3 aliphatic heterocycles. The molecule has 6 nitrogen and oxygen atoms in total. The van der Waals surface area contributed by atoms with Crippen LogP contribution in [-0.4, -0.2) is 51.8 Å². The zero-order chi connectivity index (χ0) is 28.6. The molecule has 0 saturated carbocycles. The number of nitrogens with two attached hydrogens (primary N) is 1. The van der Waals surface area contributed by atoms with E-state index in [2.05, 4.69) is 42.7 Å². The first-order valence-electron chi connectivity index (χ1n) is 16.1. The quantitative estimate of drug-likeness (QED) is 0.446. The highest BCUT2D eigenvalue weighted by Crippen LogP contribution is 2.53. The largest absolute Gasteiger partial charge is 0.398 e. The van der Waals surface area contributed by atoms with Gasteiger partial charge in [0.1, 0.15) is 23.9 Å². The van der Waals surface area contributed by atoms with Crippen LogP contribution in [0, 0.1) is 11.3 Å². The van der Waals surface area contributed by atoms with Gasteiger partial charge in [-0.3, -0.25) is 4.90 Å². The summed E-state index contributed by atoms with van der Waals surface area (Å²) in [6.07, 6.45) is 11.1. The van der Waals surface area contributed by atoms with Gasteiger partial charge in [-0.1, -0.05) is 19.9 Å². The van der Waals surface area contributed by atoms with E-state index in [-0.39, 0.29) is 16.5 Å². The molecule has 1 aromatic heterocycles. The van der Waals surface area contributed by atoms with Crippen LogP contribution in [0.15, 0.2) is 12.1 Å². The second kappa shape index (κ2) is 9.66. The van der Waals surface area contributed by atoms with Crippen LogP contribution in [0.1, 0.15) is 118 Å². The van der Waals surface area contributed by atoms with Gasteiger partial charge in [0.05, 0.1) is 11.3 Å². The number of aromatic nitrogens is 2. The smallest absolute Gasteiger partial charge is 0.136 e. The molecule has 7 rings (SSSR count). The number of rotatable bonds is 5. The van der Waals surface area contributed by atoms with Crippen molar-refractivity contribution in [1.82, 2.24) is 14.9 Å². The second-order valence-corrected chi connectivity index (χ2v) is 14.2. The van der Waals surface area contributed by atoms with E-state index in [1.807, 2.05) is 6.07 Å². The minimum absolute atomic E-state index is 0.0214. The Hall–Kier alpha value is -2.72. The molecule has 3 fully saturated rings. The van der Waals surface area contributed by atoms with Crippen LogP contribution in [0.3, 0.4) is 0 Å². The third-order valence-electron chi connectivity index (χ3n) is 12.1. The van der Waals surface area contributed by atoms with E-state index in [9.17, 15) is 9.65 Å². The minimum Gasteiger partial charge on any atom is -0.398 e. The summed E-state index contributed by atoms with van der Waals surface area (Å²) in [5.74, 6) is 2.48. The number of anilines is 2. The fourth-order valence-electron chi connectivity index (χ4n) is 9.31. The van der Waals surface area contributed by atoms with Crippen molar-refractivity contribution < 1.29 is 4.39 Å². The highest BCUT2D eigenvalue weighted by atomic mass is 19.1. The average Bonchev–Trinajstić information content (AvgIpc) is 3.48. The summed E-state index contributed by atoms with van der Waals surface area (Å²) in [5.41, 5.74) is 12.6. The first kappa shape index (κ1) is 27.1. The van der Waals surface area contributed by atoms with Crippen molar-refractivity contribution in [2.75, 3.05) is 30.3 Å². The Balaban J connectivity index is 1.29. The molecule has 0 bridgehead atoms. The molecule has 5 aliphatic rings. The summed E-state index contributed by atoms with van der Waals surface area (Å²) < 4.78 is 14.5. The fraction of sp³-hybridized carbons (Fsp3) is 0.676. The molecule has 3 saturated heterocycles. The Morgan fingerprint density at radius 3 is 2.78 bits per heavy atom. The van der Waals surface area contributed by atoms with Crippen LogP contribution in [-0.2, 0) is 24.7 Å². The predicted molar refractivity (Wildman–Crippen MR) is 161 cm³/mol. The van der Waals surface area contributed by atoms with Crippen LogP contribution in [0.4, 0.5) is 15.9 Å². The van der Waals surface area contributed by atoms with E-state index in [0.717, 1.165) is 88.9 Å². The third-order valence-corrected chi connectivity index (χ3v) is 12.1. The topological polar surface area (TPSA) is 82.1 Å². The van der Waals surface area contributed by atoms with E-state index < -0.39 is 6.17 Å². The molecular weight excluding hydrogens is 511 g/mol. The van der Waals surface area contributed by atoms with Gasteiger partial charge < -0.3 is 10.6 Å². The van der Waals surface area contributed by atoms with Gasteiger partial charge in [0.25, 0.3) is 0 Å². The Morgan fingerprint density at radius 1 is 1.17 bits per heavy atom. The van der Waals surface area contributed by atoms with Crippen LogP contribution >= 0.6 is 0 Å². The van der Waals surface area contributed by atoms with Gasteiger partial charge in [-0.15, -0.1) is 0 Å². The van der Waals surface area contributed by atoms with E-state index in [1.165, 1.54) is 28.8 Å². The van der Waals surface area contributed by atoms with Crippen molar-refractivity contribution in [2.45, 2.75) is 126 Å². The number of nitrogen functional groups attached to an aromatic ring is 1. The van der Waals surface area contributed by atoms with Crippen molar-refractivity contribution in [1.29, 1.82) is 5.26 Å². The maximum atomic E-state index is 14.5. The Labute approximate surface area is 244 Å². The molecule has 2 aliphatic carbocycles. The van der Waals surface area contributed by atoms with Crippen molar-refractivity contribution in [2.24, 2.45) is 0 Å². The summed E-state index contributed by atoms with van der Waals surface area (Å²) >= 11 is 0. The molecule has 218 valence electrons. The van der Waals surface area contributed by atoms with Gasteiger partial charge in [-0.05, 0) is 107 Å². The maximum Gasteiger partial charge on any atom is 0.136 e. The van der Waals surface area contributed by atoms with Crippen LogP contribution in [0.2, 0.25) is 0 Å². The molecule has 0 amide bonds. The van der Waals surface area contributed by atoms with Crippen molar-refractivity contribution in [3.05, 3.63) is 45.9 Å². The minimum atomic E-state index is -0.711. The van der Waals surface area contributed by atoms with Gasteiger partial charge in [0.2, 0.25) is 0 Å². The number of aryl methyl sites for hydroxylation is 1. The SMILES string of the molecule is CCC1(C)CCN1c1nc(CCC23CCCN2CC(F)C3)nc2c1CCC1(CCC(C)c3ccc(N)c(C#N)c31)C2. The molecule has 5 unspecified atom stereocenters. The highest BCUT2D eigenvalue weighted by Gasteiger charge is 2.49. The summed E-state index contributed by atoms with van der Waals surface area (Å²) in [6.45, 7) is 9.57. The van der Waals surface area contributed by atoms with Crippen LogP contribution < -0.4 is 10.6 Å². The van der Waals surface area contributed by atoms with Gasteiger partial charge in [-0.25, -0.2) is 14.4 Å². The average molecular weight is 557 g/mol. The Kier molecular flexibility index (Phi) is 6.39. The molecule has 7 heteroatoms. The van der Waals surface area contributed by atoms with Crippen LogP contribution in [0.5, 0.6) is 0 Å². The summed E-state index contributed by atoms with van der Waals surface area (Å²) in [6, 6.07) is 6.59. The monoisotopic (exact) mass is 556 g/mol. The lowest BCUT2D eigenvalue weighted by atomic mass is 9.59. The van der Waals surface area contributed by atoms with Crippen molar-refractivity contribution in [3.8, 4) is 6.07 Å². The number of nitriles is 1. The molecule has 41 heavy (non-hydrogen) atoms. The van der Waals surface area contributed by atoms with Crippen molar-refractivity contribution in [3.63, 3.8) is 0 Å².